The van der Waals surface area contributed by atoms with Crippen LogP contribution in [-0.4, -0.2) is 52.4 Å². The van der Waals surface area contributed by atoms with Crippen LogP contribution in [0.1, 0.15) is 31.5 Å². The van der Waals surface area contributed by atoms with Gasteiger partial charge in [0.15, 0.2) is 0 Å². The molecule has 108 valence electrons. The number of nitrogens with zero attached hydrogens (tertiary/aromatic N) is 3. The molecule has 2 saturated heterocycles. The minimum atomic E-state index is 0.0218. The molecule has 2 N–H and O–H groups in total. The molecule has 0 aliphatic carbocycles. The molecule has 0 aromatic carbocycles. The van der Waals surface area contributed by atoms with Crippen LogP contribution in [0.2, 0.25) is 0 Å². The molecule has 5 nitrogen and oxygen atoms in total. The van der Waals surface area contributed by atoms with Crippen molar-refractivity contribution < 1.29 is 4.79 Å². The average Bonchev–Trinajstić information content (AvgIpc) is 2.81. The van der Waals surface area contributed by atoms with Gasteiger partial charge >= 0.3 is 0 Å². The predicted molar refractivity (Wildman–Crippen MR) is 76.9 cm³/mol. The van der Waals surface area contributed by atoms with Crippen molar-refractivity contribution in [2.45, 2.75) is 37.9 Å². The minimum Gasteiger partial charge on any atom is -0.337 e. The van der Waals surface area contributed by atoms with Crippen LogP contribution < -0.4 is 5.73 Å². The molecule has 1 amide bonds. The number of hydrogen-bond donors (Lipinski definition) is 1. The Kier molecular flexibility index (Phi) is 3.72. The van der Waals surface area contributed by atoms with E-state index in [1.807, 2.05) is 36.2 Å². The smallest absolute Gasteiger partial charge is 0.222 e. The van der Waals surface area contributed by atoms with E-state index >= 15 is 0 Å². The van der Waals surface area contributed by atoms with Gasteiger partial charge in [0, 0.05) is 44.3 Å². The topological polar surface area (TPSA) is 62.5 Å². The van der Waals surface area contributed by atoms with Crippen molar-refractivity contribution in [3.8, 4) is 0 Å². The summed E-state index contributed by atoms with van der Waals surface area (Å²) in [5.41, 5.74) is 7.23. The van der Waals surface area contributed by atoms with E-state index in [0.29, 0.717) is 18.4 Å². The number of pyridine rings is 1. The number of amides is 1. The number of hydrogen-bond acceptors (Lipinski definition) is 4. The van der Waals surface area contributed by atoms with Crippen LogP contribution in [0.4, 0.5) is 0 Å². The fraction of sp³-hybridized carbons (Fsp3) is 0.600. The molecule has 3 heterocycles. The van der Waals surface area contributed by atoms with E-state index in [1.165, 1.54) is 0 Å². The molecule has 3 rings (SSSR count). The average molecular weight is 274 g/mol. The summed E-state index contributed by atoms with van der Waals surface area (Å²) in [5.74, 6) is 0.310. The second-order valence-electron chi connectivity index (χ2n) is 5.83. The Labute approximate surface area is 119 Å². The van der Waals surface area contributed by atoms with Gasteiger partial charge in [-0.05, 0) is 25.5 Å². The van der Waals surface area contributed by atoms with Gasteiger partial charge in [0.1, 0.15) is 0 Å². The highest BCUT2D eigenvalue weighted by Gasteiger charge is 2.38. The number of piperazine rings is 1. The summed E-state index contributed by atoms with van der Waals surface area (Å²) in [6, 6.07) is 6.49. The van der Waals surface area contributed by atoms with E-state index in [9.17, 15) is 4.79 Å². The Morgan fingerprint density at radius 2 is 2.25 bits per heavy atom. The van der Waals surface area contributed by atoms with Crippen molar-refractivity contribution >= 4 is 5.91 Å². The van der Waals surface area contributed by atoms with Gasteiger partial charge in [-0.25, -0.2) is 0 Å². The molecule has 2 aliphatic rings. The van der Waals surface area contributed by atoms with Crippen LogP contribution in [0.3, 0.4) is 0 Å². The second kappa shape index (κ2) is 5.50. The summed E-state index contributed by atoms with van der Waals surface area (Å²) in [6.45, 7) is 4.64. The van der Waals surface area contributed by atoms with Gasteiger partial charge in [-0.1, -0.05) is 6.07 Å². The summed E-state index contributed by atoms with van der Waals surface area (Å²) < 4.78 is 0. The monoisotopic (exact) mass is 274 g/mol. The summed E-state index contributed by atoms with van der Waals surface area (Å²) in [6.07, 6.45) is 3.49. The normalized spacial score (nSPS) is 26.4. The largest absolute Gasteiger partial charge is 0.337 e. The van der Waals surface area contributed by atoms with E-state index < -0.39 is 0 Å². The van der Waals surface area contributed by atoms with Crippen LogP contribution in [0, 0.1) is 0 Å². The molecule has 1 aromatic rings. The molecule has 0 radical (unpaired) electrons. The third-order valence-corrected chi connectivity index (χ3v) is 4.41. The molecular formula is C15H22N4O. The van der Waals surface area contributed by atoms with Crippen LogP contribution in [-0.2, 0) is 4.79 Å². The lowest BCUT2D eigenvalue weighted by atomic mass is 10.0. The fourth-order valence-electron chi connectivity index (χ4n) is 3.48. The lowest BCUT2D eigenvalue weighted by molar-refractivity contribution is -0.131. The lowest BCUT2D eigenvalue weighted by Gasteiger charge is -2.42. The van der Waals surface area contributed by atoms with Crippen LogP contribution in [0.5, 0.6) is 0 Å². The quantitative estimate of drug-likeness (QED) is 0.884. The van der Waals surface area contributed by atoms with Crippen molar-refractivity contribution in [2.75, 3.05) is 19.6 Å². The first-order valence-electron chi connectivity index (χ1n) is 7.37. The maximum absolute atomic E-state index is 11.8. The van der Waals surface area contributed by atoms with Gasteiger partial charge in [0.2, 0.25) is 5.91 Å². The molecule has 1 aromatic heterocycles. The molecule has 0 spiro atoms. The first-order valence-corrected chi connectivity index (χ1v) is 7.37. The third kappa shape index (κ3) is 2.43. The first-order chi connectivity index (χ1) is 9.66. The maximum atomic E-state index is 11.8. The summed E-state index contributed by atoms with van der Waals surface area (Å²) >= 11 is 0. The Morgan fingerprint density at radius 1 is 1.40 bits per heavy atom. The third-order valence-electron chi connectivity index (χ3n) is 4.41. The Bertz CT molecular complexity index is 476. The SMILES string of the molecule is CC(N)C(c1ccccn1)N1CCN2C(=O)CCC2C1. The minimum absolute atomic E-state index is 0.0218. The van der Waals surface area contributed by atoms with Crippen molar-refractivity contribution in [1.82, 2.24) is 14.8 Å². The van der Waals surface area contributed by atoms with Crippen LogP contribution in [0.25, 0.3) is 0 Å². The van der Waals surface area contributed by atoms with Crippen molar-refractivity contribution in [3.63, 3.8) is 0 Å². The number of fused-ring (bicyclic) bond motifs is 1. The zero-order chi connectivity index (χ0) is 14.1. The van der Waals surface area contributed by atoms with Crippen molar-refractivity contribution in [1.29, 1.82) is 0 Å². The van der Waals surface area contributed by atoms with Gasteiger partial charge in [-0.15, -0.1) is 0 Å². The molecule has 0 saturated carbocycles. The first kappa shape index (κ1) is 13.5. The summed E-state index contributed by atoms with van der Waals surface area (Å²) in [4.78, 5) is 20.7. The number of nitrogens with two attached hydrogens (primary N) is 1. The van der Waals surface area contributed by atoms with E-state index in [1.54, 1.807) is 0 Å². The molecule has 2 aliphatic heterocycles. The van der Waals surface area contributed by atoms with Gasteiger partial charge < -0.3 is 10.6 Å². The van der Waals surface area contributed by atoms with Gasteiger partial charge in [-0.3, -0.25) is 14.7 Å². The molecule has 3 unspecified atom stereocenters. The highest BCUT2D eigenvalue weighted by Crippen LogP contribution is 2.29. The number of aromatic nitrogens is 1. The molecule has 3 atom stereocenters. The van der Waals surface area contributed by atoms with E-state index in [2.05, 4.69) is 9.88 Å². The molecule has 5 heteroatoms. The Hall–Kier alpha value is -1.46. The molecule has 0 bridgehead atoms. The van der Waals surface area contributed by atoms with Crippen LogP contribution >= 0.6 is 0 Å². The van der Waals surface area contributed by atoms with Crippen molar-refractivity contribution in [3.05, 3.63) is 30.1 Å². The fourth-order valence-corrected chi connectivity index (χ4v) is 3.48. The van der Waals surface area contributed by atoms with Gasteiger partial charge in [-0.2, -0.15) is 0 Å². The zero-order valence-electron chi connectivity index (χ0n) is 11.9. The van der Waals surface area contributed by atoms with Gasteiger partial charge in [0.25, 0.3) is 0 Å². The number of carbonyl (C=O) groups is 1. The molecule has 20 heavy (non-hydrogen) atoms. The highest BCUT2D eigenvalue weighted by molar-refractivity contribution is 5.78. The number of rotatable bonds is 3. The second-order valence-corrected chi connectivity index (χ2v) is 5.83. The molecular weight excluding hydrogens is 252 g/mol. The van der Waals surface area contributed by atoms with Crippen LogP contribution in [0.15, 0.2) is 24.4 Å². The van der Waals surface area contributed by atoms with Gasteiger partial charge in [0.05, 0.1) is 11.7 Å². The van der Waals surface area contributed by atoms with E-state index in [0.717, 1.165) is 31.7 Å². The van der Waals surface area contributed by atoms with E-state index in [-0.39, 0.29) is 12.1 Å². The van der Waals surface area contributed by atoms with E-state index in [4.69, 9.17) is 5.73 Å². The number of carbonyl (C=O) groups excluding carboxylic acids is 1. The Balaban J connectivity index is 1.78. The highest BCUT2D eigenvalue weighted by atomic mass is 16.2. The summed E-state index contributed by atoms with van der Waals surface area (Å²) in [7, 11) is 0. The standard InChI is InChI=1S/C15H22N4O/c1-11(16)15(13-4-2-3-7-17-13)18-8-9-19-12(10-18)5-6-14(19)20/h2-4,7,11-12,15H,5-6,8-10,16H2,1H3. The predicted octanol–water partition coefficient (Wildman–Crippen LogP) is 0.776. The lowest BCUT2D eigenvalue weighted by Crippen LogP contribution is -2.54. The zero-order valence-corrected chi connectivity index (χ0v) is 11.9. The maximum Gasteiger partial charge on any atom is 0.222 e. The summed E-state index contributed by atoms with van der Waals surface area (Å²) in [5, 5.41) is 0. The molecule has 2 fully saturated rings. The Morgan fingerprint density at radius 3 is 2.95 bits per heavy atom. The van der Waals surface area contributed by atoms with Crippen molar-refractivity contribution in [2.24, 2.45) is 5.73 Å².